The fraction of sp³-hybridized carbons (Fsp3) is 0.255. The van der Waals surface area contributed by atoms with Gasteiger partial charge >= 0.3 is 34.1 Å². The first kappa shape index (κ1) is 64.4. The van der Waals surface area contributed by atoms with Gasteiger partial charge in [0, 0.05) is 64.6 Å². The molecule has 1 radical (unpaired) electrons. The van der Waals surface area contributed by atoms with Crippen molar-refractivity contribution in [2.75, 3.05) is 0 Å². The van der Waals surface area contributed by atoms with Crippen molar-refractivity contribution < 1.29 is 117 Å². The number of aliphatic carboxylic acids is 2. The quantitative estimate of drug-likeness (QED) is 0.0732. The number of hydrogen-bond donors (Lipinski definition) is 0. The van der Waals surface area contributed by atoms with Gasteiger partial charge in [-0.3, -0.25) is 19.8 Å². The molecule has 0 spiro atoms. The Balaban J connectivity index is 0.000000450. The zero-order valence-corrected chi connectivity index (χ0v) is 44.8. The fourth-order valence-corrected chi connectivity index (χ4v) is 7.93. The molecule has 76 heavy (non-hydrogen) atoms. The maximum absolute atomic E-state index is 14.3. The summed E-state index contributed by atoms with van der Waals surface area (Å²) >= 11 is 0. The number of rotatable bonds is 18. The summed E-state index contributed by atoms with van der Waals surface area (Å²) in [6.07, 6.45) is 4.38. The van der Waals surface area contributed by atoms with E-state index in [1.54, 1.807) is 6.07 Å². The number of halogens is 2. The molecular formula is C51H51Cl2Fe2N8O13+2. The molecule has 21 nitrogen and oxygen atoms in total. The maximum atomic E-state index is 14.3. The Morgan fingerprint density at radius 2 is 0.895 bits per heavy atom. The van der Waals surface area contributed by atoms with E-state index < -0.39 is 32.4 Å². The summed E-state index contributed by atoms with van der Waals surface area (Å²) in [6, 6.07) is 39.5. The normalized spacial score (nSPS) is 11.1. The number of carbonyl (C=O) groups is 2. The summed E-state index contributed by atoms with van der Waals surface area (Å²) in [6.45, 7) is 5.33. The smallest absolute Gasteiger partial charge is 0.872 e. The van der Waals surface area contributed by atoms with E-state index in [1.807, 2.05) is 116 Å². The van der Waals surface area contributed by atoms with Gasteiger partial charge in [0.2, 0.25) is 0 Å². The van der Waals surface area contributed by atoms with E-state index in [-0.39, 0.29) is 52.7 Å². The molecule has 4 aromatic carbocycles. The molecule has 25 heteroatoms. The number of carboxylic acids is 2. The van der Waals surface area contributed by atoms with Crippen molar-refractivity contribution in [3.05, 3.63) is 185 Å². The Labute approximate surface area is 463 Å². The number of nitrogens with zero attached hydrogens (tertiary/aromatic N) is 8. The van der Waals surface area contributed by atoms with Crippen LogP contribution in [-0.4, -0.2) is 50.8 Å². The minimum absolute atomic E-state index is 0. The monoisotopic (exact) mass is 1170 g/mol. The first-order valence-electron chi connectivity index (χ1n) is 22.5. The Kier molecular flexibility index (Phi) is 26.0. The molecule has 0 unspecified atom stereocenters. The topological polar surface area (TPSA) is 356 Å². The van der Waals surface area contributed by atoms with E-state index in [0.29, 0.717) is 52.1 Å². The van der Waals surface area contributed by atoms with E-state index in [0.717, 1.165) is 72.9 Å². The van der Waals surface area contributed by atoms with Gasteiger partial charge in [-0.1, -0.05) is 84.1 Å². The second kappa shape index (κ2) is 30.7. The zero-order chi connectivity index (χ0) is 54.0. The third kappa shape index (κ3) is 22.7. The standard InChI is InChI=1S/C39H40N8O.C12H14O4.2ClHO4.2Fe/c1-28-20-29(22-46(24-31-12-8-10-18-40-31)25-32-13-9-11-19-41-32)39(48)30(21-28)23-47(26-37-42-33-14-4-6-16-35(33)44(37)2)27-38-43-34-15-5-7-17-36(34)45(38)3;13-11(14)6-4-9-2-1-3-10(8-9)5-7-12(15)16;2*2-1(3,4)5;;/h4-21,48H,22-27H2,1-3H3;1-3,8H,4-7H2,(H,13,14)(H,15,16);2*(H,2,3,4,5);;/q;;;;+3;+4/p-5. The predicted molar refractivity (Wildman–Crippen MR) is 240 cm³/mol. The first-order chi connectivity index (χ1) is 35.0. The molecule has 0 fully saturated rings. The van der Waals surface area contributed by atoms with Crippen LogP contribution in [0.1, 0.15) is 63.7 Å². The summed E-state index contributed by atoms with van der Waals surface area (Å²) in [5.41, 5.74) is 10.3. The van der Waals surface area contributed by atoms with Crippen LogP contribution in [0.3, 0.4) is 0 Å². The number of para-hydroxylation sites is 4. The van der Waals surface area contributed by atoms with Crippen LogP contribution in [-0.2, 0) is 110 Å². The largest absolute Gasteiger partial charge is 4.00 e. The molecule has 4 aromatic heterocycles. The van der Waals surface area contributed by atoms with Crippen molar-refractivity contribution in [2.45, 2.75) is 71.9 Å². The molecule has 0 saturated heterocycles. The van der Waals surface area contributed by atoms with Gasteiger partial charge in [0.05, 0.1) is 46.5 Å². The van der Waals surface area contributed by atoms with E-state index >= 15 is 0 Å². The van der Waals surface area contributed by atoms with Crippen LogP contribution < -0.4 is 52.6 Å². The SMILES string of the molecule is Cc1cc(CN(Cc2ccccn2)Cc2ccccn2)c([O-])c(CN(Cc2nc3ccccc3n2C)Cc2nc3ccccc3n2C)c1.O=C([O-])CCc1cccc(CCC(=O)[O-])c1.[Fe+3].[Fe+4].[O-][Cl+3]([O-])([O-])[O-].[O-][Cl+3]([O-])([O-])[O-]. The van der Waals surface area contributed by atoms with E-state index in [4.69, 9.17) is 47.2 Å². The second-order valence-corrected chi connectivity index (χ2v) is 18.3. The number of carbonyl (C=O) groups excluding carboxylic acids is 2. The summed E-state index contributed by atoms with van der Waals surface area (Å²) in [7, 11) is -5.78. The van der Waals surface area contributed by atoms with Crippen molar-refractivity contribution in [1.29, 1.82) is 0 Å². The number of fused-ring (bicyclic) bond motifs is 2. The van der Waals surface area contributed by atoms with Gasteiger partial charge in [0.15, 0.2) is 0 Å². The molecule has 0 N–H and O–H groups in total. The van der Waals surface area contributed by atoms with Gasteiger partial charge in [-0.2, -0.15) is 0 Å². The number of aromatic nitrogens is 6. The van der Waals surface area contributed by atoms with Crippen LogP contribution in [0, 0.1) is 27.4 Å². The number of pyridine rings is 2. The second-order valence-electron chi connectivity index (χ2n) is 16.8. The van der Waals surface area contributed by atoms with Crippen molar-refractivity contribution in [2.24, 2.45) is 14.1 Å². The number of aryl methyl sites for hydroxylation is 5. The van der Waals surface area contributed by atoms with Crippen molar-refractivity contribution >= 4 is 34.0 Å². The Bertz CT molecular complexity index is 2890. The van der Waals surface area contributed by atoms with E-state index in [1.165, 1.54) is 0 Å². The van der Waals surface area contributed by atoms with Gasteiger partial charge < -0.3 is 34.0 Å². The van der Waals surface area contributed by atoms with E-state index in [9.17, 15) is 24.9 Å². The number of imidazole rings is 2. The molecule has 0 amide bonds. The van der Waals surface area contributed by atoms with Gasteiger partial charge in [-0.25, -0.2) is 47.2 Å². The zero-order valence-electron chi connectivity index (χ0n) is 41.1. The Morgan fingerprint density at radius 3 is 1.25 bits per heavy atom. The van der Waals surface area contributed by atoms with Crippen LogP contribution in [0.4, 0.5) is 0 Å². The number of hydrogen-bond acceptors (Lipinski definition) is 19. The average Bonchev–Trinajstić information content (AvgIpc) is 3.82. The van der Waals surface area contributed by atoms with E-state index in [2.05, 4.69) is 62.1 Å². The number of carboxylic acid groups (broad SMARTS) is 2. The first-order valence-corrected chi connectivity index (χ1v) is 25.0. The van der Waals surface area contributed by atoms with Crippen molar-refractivity contribution in [1.82, 2.24) is 38.9 Å². The van der Waals surface area contributed by atoms with Crippen LogP contribution in [0.2, 0.25) is 0 Å². The van der Waals surface area contributed by atoms with Crippen LogP contribution in [0.25, 0.3) is 22.1 Å². The molecule has 0 aliphatic carbocycles. The van der Waals surface area contributed by atoms with Crippen LogP contribution in [0.5, 0.6) is 5.75 Å². The van der Waals surface area contributed by atoms with Gasteiger partial charge in [0.25, 0.3) is 0 Å². The fourth-order valence-electron chi connectivity index (χ4n) is 7.93. The average molecular weight is 1170 g/mol. The Hall–Kier alpha value is -5.92. The molecule has 0 atom stereocenters. The number of benzene rings is 4. The summed E-state index contributed by atoms with van der Waals surface area (Å²) in [4.78, 5) is 44.1. The molecule has 0 aliphatic heterocycles. The molecule has 0 saturated carbocycles. The van der Waals surface area contributed by atoms with Crippen molar-refractivity contribution in [3.8, 4) is 5.75 Å². The molecule has 8 aromatic rings. The molecule has 0 aliphatic rings. The summed E-state index contributed by atoms with van der Waals surface area (Å²) in [5.74, 6) is -0.229. The third-order valence-corrected chi connectivity index (χ3v) is 11.1. The predicted octanol–water partition coefficient (Wildman–Crippen LogP) is -4.43. The van der Waals surface area contributed by atoms with Gasteiger partial charge in [-0.15, -0.1) is 20.5 Å². The minimum Gasteiger partial charge on any atom is -0.872 e. The summed E-state index contributed by atoms with van der Waals surface area (Å²) in [5, 5.41) is 34.8. The van der Waals surface area contributed by atoms with Crippen LogP contribution in [0.15, 0.2) is 134 Å². The van der Waals surface area contributed by atoms with Gasteiger partial charge in [0.1, 0.15) is 11.6 Å². The van der Waals surface area contributed by atoms with Gasteiger partial charge in [-0.05, 0) is 103 Å². The maximum Gasteiger partial charge on any atom is 4.00 e. The minimum atomic E-state index is -4.94. The van der Waals surface area contributed by atoms with Crippen molar-refractivity contribution in [3.63, 3.8) is 0 Å². The molecule has 8 rings (SSSR count). The Morgan fingerprint density at radius 1 is 0.526 bits per heavy atom. The summed E-state index contributed by atoms with van der Waals surface area (Å²) < 4.78 is 72.2. The molecular weight excluding hydrogens is 1120 g/mol. The molecule has 401 valence electrons. The van der Waals surface area contributed by atoms with Crippen LogP contribution >= 0.6 is 0 Å². The molecule has 0 bridgehead atoms. The molecule has 4 heterocycles. The third-order valence-electron chi connectivity index (χ3n) is 11.1.